The van der Waals surface area contributed by atoms with E-state index in [1.54, 1.807) is 12.1 Å². The lowest BCUT2D eigenvalue weighted by Crippen LogP contribution is -2.33. The Morgan fingerprint density at radius 3 is 2.76 bits per heavy atom. The maximum absolute atomic E-state index is 10.6. The average molecular weight is 348 g/mol. The summed E-state index contributed by atoms with van der Waals surface area (Å²) in [5, 5.41) is 23.0. The summed E-state index contributed by atoms with van der Waals surface area (Å²) in [6, 6.07) is 4.79. The molecule has 6 heteroatoms. The van der Waals surface area contributed by atoms with Crippen molar-refractivity contribution in [2.45, 2.75) is 18.9 Å². The number of nitrogens with one attached hydrogen (secondary N) is 1. The fourth-order valence-corrected chi connectivity index (χ4v) is 2.57. The van der Waals surface area contributed by atoms with Gasteiger partial charge in [-0.2, -0.15) is 0 Å². The van der Waals surface area contributed by atoms with Crippen molar-refractivity contribution in [1.82, 2.24) is 0 Å². The van der Waals surface area contributed by atoms with Gasteiger partial charge >= 0.3 is 0 Å². The van der Waals surface area contributed by atoms with E-state index in [1.165, 1.54) is 6.07 Å². The van der Waals surface area contributed by atoms with Crippen LogP contribution in [0.25, 0.3) is 0 Å². The molecule has 0 unspecified atom stereocenters. The molecule has 1 fully saturated rings. The summed E-state index contributed by atoms with van der Waals surface area (Å²) < 4.78 is 0.844. The van der Waals surface area contributed by atoms with Crippen LogP contribution in [0.1, 0.15) is 12.8 Å². The van der Waals surface area contributed by atoms with Gasteiger partial charge in [-0.3, -0.25) is 10.1 Å². The topological polar surface area (TPSA) is 75.4 Å². The third-order valence-corrected chi connectivity index (χ3v) is 3.85. The lowest BCUT2D eigenvalue weighted by molar-refractivity contribution is -0.384. The van der Waals surface area contributed by atoms with E-state index < -0.39 is 4.92 Å². The predicted molar refractivity (Wildman–Crippen MR) is 73.0 cm³/mol. The zero-order chi connectivity index (χ0) is 12.4. The molecule has 0 bridgehead atoms. The van der Waals surface area contributed by atoms with Gasteiger partial charge in [-0.25, -0.2) is 0 Å². The summed E-state index contributed by atoms with van der Waals surface area (Å²) in [6.45, 7) is 0.810. The Morgan fingerprint density at radius 1 is 1.53 bits per heavy atom. The highest BCUT2D eigenvalue weighted by atomic mass is 127. The van der Waals surface area contributed by atoms with Crippen molar-refractivity contribution in [3.8, 4) is 0 Å². The summed E-state index contributed by atoms with van der Waals surface area (Å²) in [6.07, 6.45) is 1.55. The maximum atomic E-state index is 10.6. The van der Waals surface area contributed by atoms with Crippen molar-refractivity contribution in [3.05, 3.63) is 31.9 Å². The number of hydrogen-bond donors (Lipinski definition) is 2. The van der Waals surface area contributed by atoms with Crippen LogP contribution < -0.4 is 5.32 Å². The molecule has 0 radical (unpaired) electrons. The van der Waals surface area contributed by atoms with Crippen LogP contribution in [0.5, 0.6) is 0 Å². The number of aliphatic hydroxyl groups excluding tert-OH is 1. The number of benzene rings is 1. The van der Waals surface area contributed by atoms with Gasteiger partial charge in [0.2, 0.25) is 0 Å². The molecule has 2 N–H and O–H groups in total. The molecular weight excluding hydrogens is 335 g/mol. The van der Waals surface area contributed by atoms with Crippen LogP contribution in [0.2, 0.25) is 0 Å². The van der Waals surface area contributed by atoms with Gasteiger partial charge in [-0.15, -0.1) is 0 Å². The molecule has 1 aromatic rings. The van der Waals surface area contributed by atoms with Crippen LogP contribution in [0.3, 0.4) is 0 Å². The van der Waals surface area contributed by atoms with Crippen LogP contribution in [0.4, 0.5) is 11.4 Å². The summed E-state index contributed by atoms with van der Waals surface area (Å²) in [5.41, 5.74) is 1.02. The normalized spacial score (nSPS) is 22.9. The minimum absolute atomic E-state index is 0.110. The van der Waals surface area contributed by atoms with Gasteiger partial charge in [-0.1, -0.05) is 0 Å². The van der Waals surface area contributed by atoms with E-state index in [2.05, 4.69) is 27.9 Å². The molecule has 1 aliphatic carbocycles. The third-order valence-electron chi connectivity index (χ3n) is 2.96. The average Bonchev–Trinajstić information content (AvgIpc) is 2.24. The Kier molecular flexibility index (Phi) is 3.82. The van der Waals surface area contributed by atoms with Crippen molar-refractivity contribution in [2.75, 3.05) is 11.9 Å². The minimum atomic E-state index is -0.395. The molecule has 1 saturated carbocycles. The molecule has 1 aliphatic rings. The first kappa shape index (κ1) is 12.6. The van der Waals surface area contributed by atoms with Crippen molar-refractivity contribution in [1.29, 1.82) is 0 Å². The van der Waals surface area contributed by atoms with Gasteiger partial charge in [0, 0.05) is 27.9 Å². The summed E-state index contributed by atoms with van der Waals surface area (Å²) in [7, 11) is 0. The minimum Gasteiger partial charge on any atom is -0.393 e. The molecule has 2 rings (SSSR count). The second-order valence-corrected chi connectivity index (χ2v) is 5.46. The fourth-order valence-electron chi connectivity index (χ4n) is 1.88. The van der Waals surface area contributed by atoms with Crippen molar-refractivity contribution in [2.24, 2.45) is 5.92 Å². The molecule has 0 atom stereocenters. The van der Waals surface area contributed by atoms with E-state index in [9.17, 15) is 10.1 Å². The van der Waals surface area contributed by atoms with Gasteiger partial charge in [0.05, 0.1) is 11.0 Å². The highest BCUT2D eigenvalue weighted by Crippen LogP contribution is 2.29. The molecule has 0 aromatic heterocycles. The second kappa shape index (κ2) is 5.18. The monoisotopic (exact) mass is 348 g/mol. The predicted octanol–water partition coefficient (Wildman–Crippen LogP) is 2.38. The zero-order valence-corrected chi connectivity index (χ0v) is 11.3. The SMILES string of the molecule is O=[N+]([O-])c1ccc(NCC2CC(O)C2)c(I)c1. The molecular formula is C11H13IN2O3. The quantitative estimate of drug-likeness (QED) is 0.498. The zero-order valence-electron chi connectivity index (χ0n) is 9.10. The Hall–Kier alpha value is -0.890. The summed E-state index contributed by atoms with van der Waals surface area (Å²) in [4.78, 5) is 10.2. The number of hydrogen-bond acceptors (Lipinski definition) is 4. The molecule has 0 saturated heterocycles. The van der Waals surface area contributed by atoms with Gasteiger partial charge < -0.3 is 10.4 Å². The summed E-state index contributed by atoms with van der Waals surface area (Å²) >= 11 is 2.08. The number of nitro groups is 1. The van der Waals surface area contributed by atoms with E-state index in [0.29, 0.717) is 5.92 Å². The highest BCUT2D eigenvalue weighted by molar-refractivity contribution is 14.1. The number of nitrogens with zero attached hydrogens (tertiary/aromatic N) is 1. The van der Waals surface area contributed by atoms with Crippen LogP contribution >= 0.6 is 22.6 Å². The number of halogens is 1. The number of aliphatic hydroxyl groups is 1. The number of nitro benzene ring substituents is 1. The Labute approximate surface area is 113 Å². The van der Waals surface area contributed by atoms with Crippen LogP contribution in [-0.4, -0.2) is 22.7 Å². The Balaban J connectivity index is 1.94. The molecule has 17 heavy (non-hydrogen) atoms. The van der Waals surface area contributed by atoms with Crippen LogP contribution in [-0.2, 0) is 0 Å². The molecule has 0 aliphatic heterocycles. The van der Waals surface area contributed by atoms with Gasteiger partial charge in [0.15, 0.2) is 0 Å². The van der Waals surface area contributed by atoms with Crippen molar-refractivity contribution in [3.63, 3.8) is 0 Å². The smallest absolute Gasteiger partial charge is 0.270 e. The van der Waals surface area contributed by atoms with E-state index in [0.717, 1.165) is 28.6 Å². The fraction of sp³-hybridized carbons (Fsp3) is 0.455. The maximum Gasteiger partial charge on any atom is 0.270 e. The standard InChI is InChI=1S/C11H13IN2O3/c12-10-5-8(14(16)17)1-2-11(10)13-6-7-3-9(15)4-7/h1-2,5,7,9,13,15H,3-4,6H2. The first-order valence-corrected chi connectivity index (χ1v) is 6.50. The number of anilines is 1. The first-order chi connectivity index (χ1) is 8.06. The third kappa shape index (κ3) is 3.06. The molecule has 92 valence electrons. The van der Waals surface area contributed by atoms with Crippen LogP contribution in [0.15, 0.2) is 18.2 Å². The Bertz CT molecular complexity index is 433. The highest BCUT2D eigenvalue weighted by Gasteiger charge is 2.26. The molecule has 0 heterocycles. The van der Waals surface area contributed by atoms with Crippen molar-refractivity contribution >= 4 is 34.0 Å². The molecule has 0 amide bonds. The summed E-state index contributed by atoms with van der Waals surface area (Å²) in [5.74, 6) is 0.510. The van der Waals surface area contributed by atoms with E-state index in [1.807, 2.05) is 0 Å². The lowest BCUT2D eigenvalue weighted by Gasteiger charge is -2.31. The second-order valence-electron chi connectivity index (χ2n) is 4.29. The van der Waals surface area contributed by atoms with E-state index in [-0.39, 0.29) is 11.8 Å². The van der Waals surface area contributed by atoms with Gasteiger partial charge in [0.25, 0.3) is 5.69 Å². The van der Waals surface area contributed by atoms with Gasteiger partial charge in [0.1, 0.15) is 0 Å². The van der Waals surface area contributed by atoms with Crippen molar-refractivity contribution < 1.29 is 10.0 Å². The molecule has 1 aromatic carbocycles. The lowest BCUT2D eigenvalue weighted by atomic mass is 9.82. The number of non-ortho nitro benzene ring substituents is 1. The molecule has 0 spiro atoms. The van der Waals surface area contributed by atoms with Gasteiger partial charge in [-0.05, 0) is 47.4 Å². The Morgan fingerprint density at radius 2 is 2.24 bits per heavy atom. The largest absolute Gasteiger partial charge is 0.393 e. The molecule has 5 nitrogen and oxygen atoms in total. The van der Waals surface area contributed by atoms with Crippen LogP contribution in [0, 0.1) is 19.6 Å². The number of rotatable bonds is 4. The van der Waals surface area contributed by atoms with E-state index >= 15 is 0 Å². The van der Waals surface area contributed by atoms with E-state index in [4.69, 9.17) is 5.11 Å². The first-order valence-electron chi connectivity index (χ1n) is 5.42.